The number of nitrogens with one attached hydrogen (secondary N) is 1. The molecule has 15 heteroatoms. The van der Waals surface area contributed by atoms with E-state index in [1.807, 2.05) is 0 Å². The number of thiophene rings is 1. The first-order valence-electron chi connectivity index (χ1n) is 12.2. The molecular weight excluding hydrogens is 583 g/mol. The molecule has 0 saturated carbocycles. The number of fused-ring (bicyclic) bond motifs is 1. The zero-order valence-corrected chi connectivity index (χ0v) is 24.1. The molecular formula is C27H29F3N3O8S+. The number of methoxy groups -OCH3 is 2. The molecule has 11 nitrogen and oxygen atoms in total. The number of carboxylic acid groups (broad SMARTS) is 1. The van der Waals surface area contributed by atoms with Gasteiger partial charge in [0.05, 0.1) is 64.1 Å². The molecule has 0 aliphatic heterocycles. The van der Waals surface area contributed by atoms with Crippen LogP contribution in [0.4, 0.5) is 13.2 Å². The highest BCUT2D eigenvalue weighted by molar-refractivity contribution is 7.13. The minimum absolute atomic E-state index is 0.0121. The van der Waals surface area contributed by atoms with Crippen molar-refractivity contribution in [2.75, 3.05) is 48.5 Å². The van der Waals surface area contributed by atoms with Gasteiger partial charge in [0.1, 0.15) is 23.8 Å². The van der Waals surface area contributed by atoms with Crippen molar-refractivity contribution in [3.63, 3.8) is 0 Å². The summed E-state index contributed by atoms with van der Waals surface area (Å²) in [6.45, 7) is 0.537. The lowest BCUT2D eigenvalue weighted by atomic mass is 10.2. The van der Waals surface area contributed by atoms with Gasteiger partial charge in [-0.05, 0) is 12.1 Å². The Balaban J connectivity index is 0.000000616. The number of carbonyl (C=O) groups is 1. The summed E-state index contributed by atoms with van der Waals surface area (Å²) in [5.41, 5.74) is -2.98. The summed E-state index contributed by atoms with van der Waals surface area (Å²) in [4.78, 5) is 39.1. The third-order valence-electron chi connectivity index (χ3n) is 5.84. The van der Waals surface area contributed by atoms with E-state index in [2.05, 4.69) is 26.1 Å². The number of ether oxygens (including phenoxy) is 3. The number of aliphatic hydroxyl groups is 1. The van der Waals surface area contributed by atoms with Crippen LogP contribution in [0.1, 0.15) is 15.2 Å². The zero-order valence-electron chi connectivity index (χ0n) is 23.3. The van der Waals surface area contributed by atoms with Gasteiger partial charge in [-0.1, -0.05) is 0 Å². The van der Waals surface area contributed by atoms with Crippen LogP contribution in [0.2, 0.25) is 0 Å². The van der Waals surface area contributed by atoms with E-state index in [0.717, 1.165) is 40.6 Å². The number of halogens is 3. The van der Waals surface area contributed by atoms with Crippen LogP contribution in [0, 0.1) is 17.5 Å². The Labute approximate surface area is 241 Å². The second-order valence-corrected chi connectivity index (χ2v) is 10.6. The second-order valence-electron chi connectivity index (χ2n) is 9.75. The number of aliphatic hydroxyl groups excluding tert-OH is 1. The van der Waals surface area contributed by atoms with Gasteiger partial charge in [0.25, 0.3) is 5.56 Å². The molecule has 2 aromatic carbocycles. The highest BCUT2D eigenvalue weighted by Gasteiger charge is 2.23. The first-order valence-corrected chi connectivity index (χ1v) is 13.0. The Morgan fingerprint density at radius 3 is 2.24 bits per heavy atom. The molecule has 0 spiro atoms. The lowest BCUT2D eigenvalue weighted by Crippen LogP contribution is -2.36. The van der Waals surface area contributed by atoms with Crippen molar-refractivity contribution < 1.29 is 46.9 Å². The van der Waals surface area contributed by atoms with Gasteiger partial charge in [-0.25, -0.2) is 27.3 Å². The maximum Gasteiger partial charge on any atom is 0.346 e. The first-order chi connectivity index (χ1) is 19.7. The maximum atomic E-state index is 15.0. The van der Waals surface area contributed by atoms with Crippen molar-refractivity contribution in [3.05, 3.63) is 78.4 Å². The summed E-state index contributed by atoms with van der Waals surface area (Å²) < 4.78 is 59.8. The molecule has 0 aliphatic rings. The largest absolute Gasteiger partial charge is 0.496 e. The number of quaternary nitrogens is 1. The predicted molar refractivity (Wildman–Crippen MR) is 149 cm³/mol. The summed E-state index contributed by atoms with van der Waals surface area (Å²) >= 11 is 0.723. The lowest BCUT2D eigenvalue weighted by molar-refractivity contribution is -0.870. The molecule has 0 radical (unpaired) electrons. The zero-order chi connectivity index (χ0) is 31.4. The molecule has 2 heterocycles. The van der Waals surface area contributed by atoms with Gasteiger partial charge in [-0.3, -0.25) is 4.79 Å². The van der Waals surface area contributed by atoms with Crippen molar-refractivity contribution in [1.29, 1.82) is 0 Å². The first kappa shape index (κ1) is 32.2. The fourth-order valence-corrected chi connectivity index (χ4v) is 4.56. The van der Waals surface area contributed by atoms with Gasteiger partial charge >= 0.3 is 11.7 Å². The molecule has 0 unspecified atom stereocenters. The van der Waals surface area contributed by atoms with E-state index < -0.39 is 47.0 Å². The number of H-pyrrole nitrogens is 1. The summed E-state index contributed by atoms with van der Waals surface area (Å²) in [5, 5.41) is 18.7. The third-order valence-corrected chi connectivity index (χ3v) is 6.80. The van der Waals surface area contributed by atoms with Gasteiger partial charge in [-0.15, -0.1) is 11.3 Å². The van der Waals surface area contributed by atoms with E-state index in [0.29, 0.717) is 4.57 Å². The predicted octanol–water partition coefficient (Wildman–Crippen LogP) is 3.14. The molecule has 0 saturated heterocycles. The van der Waals surface area contributed by atoms with Crippen LogP contribution in [0.5, 0.6) is 17.2 Å². The molecule has 0 fully saturated rings. The van der Waals surface area contributed by atoms with Crippen molar-refractivity contribution in [1.82, 2.24) is 9.55 Å². The molecule has 0 atom stereocenters. The quantitative estimate of drug-likeness (QED) is 0.245. The van der Waals surface area contributed by atoms with Crippen molar-refractivity contribution in [2.45, 2.75) is 6.61 Å². The Hall–Kier alpha value is -4.34. The number of hydrogen-bond donors (Lipinski definition) is 3. The molecule has 0 bridgehead atoms. The monoisotopic (exact) mass is 612 g/mol. The average Bonchev–Trinajstić information content (AvgIpc) is 3.34. The number of aromatic amines is 1. The maximum absolute atomic E-state index is 15.0. The van der Waals surface area contributed by atoms with Gasteiger partial charge in [0.2, 0.25) is 0 Å². The smallest absolute Gasteiger partial charge is 0.346 e. The summed E-state index contributed by atoms with van der Waals surface area (Å²) in [5.74, 6) is -5.23. The second kappa shape index (κ2) is 13.1. The van der Waals surface area contributed by atoms with E-state index in [1.54, 1.807) is 0 Å². The molecule has 2 aromatic heterocycles. The molecule has 0 aliphatic carbocycles. The molecule has 226 valence electrons. The van der Waals surface area contributed by atoms with Gasteiger partial charge in [0, 0.05) is 17.5 Å². The molecule has 42 heavy (non-hydrogen) atoms. The van der Waals surface area contributed by atoms with E-state index in [9.17, 15) is 32.7 Å². The number of benzene rings is 2. The highest BCUT2D eigenvalue weighted by Crippen LogP contribution is 2.34. The summed E-state index contributed by atoms with van der Waals surface area (Å²) in [6, 6.07) is 3.84. The topological polar surface area (TPSA) is 140 Å². The van der Waals surface area contributed by atoms with Crippen LogP contribution < -0.4 is 25.5 Å². The minimum atomic E-state index is -1.40. The fraction of sp³-hybridized carbons (Fsp3) is 0.296. The molecule has 4 aromatic rings. The Morgan fingerprint density at radius 1 is 1.02 bits per heavy atom. The Kier molecular flexibility index (Phi) is 10.0. The van der Waals surface area contributed by atoms with E-state index >= 15 is 0 Å². The van der Waals surface area contributed by atoms with E-state index in [-0.39, 0.29) is 45.2 Å². The van der Waals surface area contributed by atoms with E-state index in [4.69, 9.17) is 19.3 Å². The lowest BCUT2D eigenvalue weighted by Gasteiger charge is -2.21. The average molecular weight is 613 g/mol. The van der Waals surface area contributed by atoms with Gasteiger partial charge in [-0.2, -0.15) is 0 Å². The van der Waals surface area contributed by atoms with Crippen molar-refractivity contribution in [2.24, 2.45) is 0 Å². The molecule has 4 rings (SSSR count). The van der Waals surface area contributed by atoms with Crippen LogP contribution in [0.15, 0.2) is 39.2 Å². The number of aromatic carboxylic acids is 1. The van der Waals surface area contributed by atoms with E-state index in [1.165, 1.54) is 25.7 Å². The van der Waals surface area contributed by atoms with Gasteiger partial charge < -0.3 is 33.9 Å². The Bertz CT molecular complexity index is 1730. The standard InChI is InChI=1S/C22H15F3N2O7S.C5H14NO/c1-32-14-4-3-10(23)18(25)9(14)7-34-16-6-13(11(24)5-15(16)33-2)27-20(28)17-12(26-22(27)31)8-35-19(17)21(29)30;1-6(2,3)4-5-7/h3-6,8H,7H2,1-2H3,(H,26,31)(H,29,30);7H,4-5H2,1-3H3/q;+1. The Morgan fingerprint density at radius 2 is 1.69 bits per heavy atom. The number of rotatable bonds is 9. The minimum Gasteiger partial charge on any atom is -0.496 e. The van der Waals surface area contributed by atoms with Crippen LogP contribution in [0.25, 0.3) is 16.6 Å². The van der Waals surface area contributed by atoms with Crippen LogP contribution in [-0.4, -0.2) is 78.7 Å². The third kappa shape index (κ3) is 6.92. The number of aromatic nitrogens is 2. The fourth-order valence-electron chi connectivity index (χ4n) is 3.73. The number of hydrogen-bond acceptors (Lipinski definition) is 8. The number of nitrogens with zero attached hydrogens (tertiary/aromatic N) is 2. The van der Waals surface area contributed by atoms with Crippen LogP contribution >= 0.6 is 11.3 Å². The van der Waals surface area contributed by atoms with Crippen LogP contribution in [0.3, 0.4) is 0 Å². The van der Waals surface area contributed by atoms with Crippen molar-refractivity contribution >= 4 is 28.2 Å². The molecule has 0 amide bonds. The molecule has 3 N–H and O–H groups in total. The van der Waals surface area contributed by atoms with Crippen molar-refractivity contribution in [3.8, 4) is 22.9 Å². The van der Waals surface area contributed by atoms with Crippen LogP contribution in [-0.2, 0) is 6.61 Å². The summed E-state index contributed by atoms with van der Waals surface area (Å²) in [6.07, 6.45) is 0. The normalized spacial score (nSPS) is 11.2. The summed E-state index contributed by atoms with van der Waals surface area (Å²) in [7, 11) is 8.60. The SMILES string of the molecule is COc1cc(F)c(-n2c(=O)[nH]c3csc(C(=O)O)c3c2=O)cc1OCc1c(OC)ccc(F)c1F.C[N+](C)(C)CCO. The highest BCUT2D eigenvalue weighted by atomic mass is 32.1. The van der Waals surface area contributed by atoms with Gasteiger partial charge in [0.15, 0.2) is 29.0 Å². The number of carboxylic acids is 1. The number of likely N-dealkylation sites (N-methyl/N-ethyl adjacent to an activating group) is 1.